The largest absolute Gasteiger partial charge is 0.392 e. The van der Waals surface area contributed by atoms with Gasteiger partial charge in [-0.05, 0) is 36.3 Å². The summed E-state index contributed by atoms with van der Waals surface area (Å²) < 4.78 is 14.1. The van der Waals surface area contributed by atoms with E-state index < -0.39 is 11.9 Å². The molecule has 1 aliphatic rings. The van der Waals surface area contributed by atoms with E-state index in [1.807, 2.05) is 0 Å². The maximum Gasteiger partial charge on any atom is 0.145 e. The van der Waals surface area contributed by atoms with Crippen LogP contribution in [-0.4, -0.2) is 17.8 Å². The molecule has 20 heavy (non-hydrogen) atoms. The van der Waals surface area contributed by atoms with Crippen LogP contribution in [0, 0.1) is 17.7 Å². The van der Waals surface area contributed by atoms with Crippen molar-refractivity contribution in [2.24, 2.45) is 17.6 Å². The van der Waals surface area contributed by atoms with Gasteiger partial charge in [0.15, 0.2) is 0 Å². The first kappa shape index (κ1) is 15.7. The molecule has 1 aliphatic carbocycles. The van der Waals surface area contributed by atoms with Crippen molar-refractivity contribution < 1.29 is 9.50 Å². The molecule has 112 valence electrons. The number of hydrogen-bond acceptors (Lipinski definition) is 2. The third-order valence-electron chi connectivity index (χ3n) is 4.59. The lowest BCUT2D eigenvalue weighted by atomic mass is 9.75. The minimum atomic E-state index is -0.597. The number of hydrogen-bond donors (Lipinski definition) is 2. The van der Waals surface area contributed by atoms with Crippen molar-refractivity contribution in [3.05, 3.63) is 34.6 Å². The summed E-state index contributed by atoms with van der Waals surface area (Å²) in [7, 11) is 0. The highest BCUT2D eigenvalue weighted by molar-refractivity contribution is 6.30. The smallest absolute Gasteiger partial charge is 0.145 e. The first-order valence-electron chi connectivity index (χ1n) is 7.36. The highest BCUT2D eigenvalue weighted by atomic mass is 35.5. The van der Waals surface area contributed by atoms with Crippen molar-refractivity contribution >= 4 is 11.6 Å². The second-order valence-electron chi connectivity index (χ2n) is 6.00. The fourth-order valence-electron chi connectivity index (χ4n) is 3.21. The van der Waals surface area contributed by atoms with E-state index in [2.05, 4.69) is 6.92 Å². The van der Waals surface area contributed by atoms with E-state index in [4.69, 9.17) is 17.3 Å². The standard InChI is InChI=1S/C16H23ClFNO/c1-10-5-7-11(8-6-10)16(20)13(9-19)12-3-2-4-14(17)15(12)18/h2-4,10-11,13,16,20H,5-9,19H2,1H3. The number of aliphatic hydroxyl groups excluding tert-OH is 1. The third kappa shape index (κ3) is 3.33. The average Bonchev–Trinajstić information content (AvgIpc) is 2.45. The van der Waals surface area contributed by atoms with Gasteiger partial charge in [0.2, 0.25) is 0 Å². The molecule has 2 rings (SSSR count). The van der Waals surface area contributed by atoms with E-state index in [0.29, 0.717) is 5.56 Å². The lowest BCUT2D eigenvalue weighted by molar-refractivity contribution is 0.0539. The number of halogens is 2. The topological polar surface area (TPSA) is 46.2 Å². The van der Waals surface area contributed by atoms with Crippen molar-refractivity contribution in [1.29, 1.82) is 0 Å². The van der Waals surface area contributed by atoms with Crippen LogP contribution < -0.4 is 5.73 Å². The second kappa shape index (κ2) is 6.88. The molecule has 0 saturated heterocycles. The molecule has 2 unspecified atom stereocenters. The summed E-state index contributed by atoms with van der Waals surface area (Å²) in [5.74, 6) is 0.0933. The molecular weight excluding hydrogens is 277 g/mol. The normalized spacial score (nSPS) is 26.2. The maximum atomic E-state index is 14.1. The molecule has 4 heteroatoms. The Morgan fingerprint density at radius 2 is 2.00 bits per heavy atom. The van der Waals surface area contributed by atoms with Gasteiger partial charge in [-0.25, -0.2) is 4.39 Å². The Bertz CT molecular complexity index is 446. The summed E-state index contributed by atoms with van der Waals surface area (Å²) in [5.41, 5.74) is 6.23. The van der Waals surface area contributed by atoms with Gasteiger partial charge in [-0.1, -0.05) is 43.5 Å². The predicted octanol–water partition coefficient (Wildman–Crippen LogP) is 3.71. The Hall–Kier alpha value is -0.640. The van der Waals surface area contributed by atoms with Gasteiger partial charge in [0.1, 0.15) is 5.82 Å². The van der Waals surface area contributed by atoms with Crippen molar-refractivity contribution in [1.82, 2.24) is 0 Å². The summed E-state index contributed by atoms with van der Waals surface area (Å²) >= 11 is 5.83. The fourth-order valence-corrected chi connectivity index (χ4v) is 3.39. The molecule has 0 aromatic heterocycles. The monoisotopic (exact) mass is 299 g/mol. The molecule has 0 aliphatic heterocycles. The zero-order chi connectivity index (χ0) is 14.7. The highest BCUT2D eigenvalue weighted by Crippen LogP contribution is 2.36. The lowest BCUT2D eigenvalue weighted by Gasteiger charge is -2.34. The molecule has 0 heterocycles. The Morgan fingerprint density at radius 1 is 1.35 bits per heavy atom. The number of benzene rings is 1. The summed E-state index contributed by atoms with van der Waals surface area (Å²) in [4.78, 5) is 0. The molecule has 0 amide bonds. The van der Waals surface area contributed by atoms with E-state index in [-0.39, 0.29) is 23.4 Å². The van der Waals surface area contributed by atoms with Crippen LogP contribution in [0.4, 0.5) is 4.39 Å². The highest BCUT2D eigenvalue weighted by Gasteiger charge is 2.32. The second-order valence-corrected chi connectivity index (χ2v) is 6.40. The Kier molecular flexibility index (Phi) is 5.42. The molecular formula is C16H23ClFNO. The Labute approximate surface area is 125 Å². The molecule has 0 bridgehead atoms. The number of rotatable bonds is 4. The average molecular weight is 300 g/mol. The zero-order valence-corrected chi connectivity index (χ0v) is 12.6. The maximum absolute atomic E-state index is 14.1. The minimum absolute atomic E-state index is 0.0883. The summed E-state index contributed by atoms with van der Waals surface area (Å²) in [5, 5.41) is 10.7. The van der Waals surface area contributed by atoms with Crippen LogP contribution >= 0.6 is 11.6 Å². The molecule has 1 aromatic rings. The molecule has 0 radical (unpaired) electrons. The molecule has 2 nitrogen and oxygen atoms in total. The predicted molar refractivity (Wildman–Crippen MR) is 80.3 cm³/mol. The summed E-state index contributed by atoms with van der Waals surface area (Å²) in [6.07, 6.45) is 3.62. The van der Waals surface area contributed by atoms with Gasteiger partial charge >= 0.3 is 0 Å². The Morgan fingerprint density at radius 3 is 2.60 bits per heavy atom. The quantitative estimate of drug-likeness (QED) is 0.890. The minimum Gasteiger partial charge on any atom is -0.392 e. The van der Waals surface area contributed by atoms with Gasteiger partial charge in [-0.2, -0.15) is 0 Å². The van der Waals surface area contributed by atoms with Crippen molar-refractivity contribution in [3.63, 3.8) is 0 Å². The van der Waals surface area contributed by atoms with E-state index in [1.54, 1.807) is 12.1 Å². The molecule has 0 spiro atoms. The van der Waals surface area contributed by atoms with Crippen molar-refractivity contribution in [3.8, 4) is 0 Å². The lowest BCUT2D eigenvalue weighted by Crippen LogP contribution is -2.35. The van der Waals surface area contributed by atoms with E-state index in [9.17, 15) is 9.50 Å². The van der Waals surface area contributed by atoms with Gasteiger partial charge < -0.3 is 10.8 Å². The van der Waals surface area contributed by atoms with Crippen LogP contribution in [0.2, 0.25) is 5.02 Å². The first-order chi connectivity index (χ1) is 9.54. The summed E-state index contributed by atoms with van der Waals surface area (Å²) in [6.45, 7) is 2.46. The zero-order valence-electron chi connectivity index (χ0n) is 11.9. The summed E-state index contributed by atoms with van der Waals surface area (Å²) in [6, 6.07) is 4.90. The SMILES string of the molecule is CC1CCC(C(O)C(CN)c2cccc(Cl)c2F)CC1. The molecule has 3 N–H and O–H groups in total. The molecule has 1 fully saturated rings. The van der Waals surface area contributed by atoms with E-state index >= 15 is 0 Å². The van der Waals surface area contributed by atoms with Gasteiger partial charge in [-0.3, -0.25) is 0 Å². The van der Waals surface area contributed by atoms with Crippen molar-refractivity contribution in [2.75, 3.05) is 6.54 Å². The fraction of sp³-hybridized carbons (Fsp3) is 0.625. The van der Waals surface area contributed by atoms with Crippen LogP contribution in [0.3, 0.4) is 0 Å². The first-order valence-corrected chi connectivity index (χ1v) is 7.74. The number of nitrogens with two attached hydrogens (primary N) is 1. The van der Waals surface area contributed by atoms with Gasteiger partial charge in [-0.15, -0.1) is 0 Å². The van der Waals surface area contributed by atoms with E-state index in [0.717, 1.165) is 31.6 Å². The van der Waals surface area contributed by atoms with E-state index in [1.165, 1.54) is 6.07 Å². The van der Waals surface area contributed by atoms with Crippen LogP contribution in [-0.2, 0) is 0 Å². The number of aliphatic hydroxyl groups is 1. The van der Waals surface area contributed by atoms with Crippen LogP contribution in [0.5, 0.6) is 0 Å². The van der Waals surface area contributed by atoms with Crippen molar-refractivity contribution in [2.45, 2.75) is 44.6 Å². The van der Waals surface area contributed by atoms with Crippen LogP contribution in [0.1, 0.15) is 44.1 Å². The molecule has 1 aromatic carbocycles. The molecule has 1 saturated carbocycles. The van der Waals surface area contributed by atoms with Gasteiger partial charge in [0.25, 0.3) is 0 Å². The Balaban J connectivity index is 2.17. The molecule has 2 atom stereocenters. The van der Waals surface area contributed by atoms with Gasteiger partial charge in [0.05, 0.1) is 11.1 Å². The van der Waals surface area contributed by atoms with Crippen LogP contribution in [0.15, 0.2) is 18.2 Å². The van der Waals surface area contributed by atoms with Gasteiger partial charge in [0, 0.05) is 12.5 Å². The third-order valence-corrected chi connectivity index (χ3v) is 4.88. The van der Waals surface area contributed by atoms with Crippen LogP contribution in [0.25, 0.3) is 0 Å².